The third-order valence-corrected chi connectivity index (χ3v) is 3.95. The normalized spacial score (nSPS) is 10.1. The number of halogens is 1. The van der Waals surface area contributed by atoms with Gasteiger partial charge in [-0.1, -0.05) is 23.7 Å². The molecule has 1 aromatic carbocycles. The molecular weight excluding hydrogens is 322 g/mol. The van der Waals surface area contributed by atoms with E-state index >= 15 is 0 Å². The lowest BCUT2D eigenvalue weighted by atomic mass is 10.0. The number of aromatic nitrogens is 1. The van der Waals surface area contributed by atoms with E-state index in [2.05, 4.69) is 4.98 Å². The van der Waals surface area contributed by atoms with Crippen molar-refractivity contribution in [3.8, 4) is 17.3 Å². The van der Waals surface area contributed by atoms with E-state index in [-0.39, 0.29) is 16.8 Å². The number of pyridine rings is 1. The Balaban J connectivity index is 2.81. The van der Waals surface area contributed by atoms with Crippen molar-refractivity contribution >= 4 is 35.0 Å². The third-order valence-electron chi connectivity index (χ3n) is 3.02. The van der Waals surface area contributed by atoms with E-state index in [4.69, 9.17) is 22.1 Å². The van der Waals surface area contributed by atoms with Gasteiger partial charge in [0.05, 0.1) is 18.5 Å². The second kappa shape index (κ2) is 6.69. The van der Waals surface area contributed by atoms with E-state index in [1.165, 1.54) is 18.9 Å². The van der Waals surface area contributed by atoms with Gasteiger partial charge in [0.1, 0.15) is 22.2 Å². The number of carbonyl (C=O) groups is 1. The molecule has 0 aliphatic heterocycles. The van der Waals surface area contributed by atoms with Gasteiger partial charge in [-0.3, -0.25) is 0 Å². The summed E-state index contributed by atoms with van der Waals surface area (Å²) in [4.78, 5) is 16.5. The second-order valence-electron chi connectivity index (χ2n) is 4.24. The number of thioether (sulfide) groups is 1. The van der Waals surface area contributed by atoms with Crippen LogP contribution in [-0.2, 0) is 4.74 Å². The van der Waals surface area contributed by atoms with E-state index in [9.17, 15) is 10.1 Å². The maximum Gasteiger partial charge on any atom is 0.342 e. The highest BCUT2D eigenvalue weighted by Crippen LogP contribution is 2.34. The number of carbonyl (C=O) groups excluding carboxylic acids is 1. The Kier molecular flexibility index (Phi) is 4.91. The van der Waals surface area contributed by atoms with Crippen LogP contribution in [0.5, 0.6) is 0 Å². The van der Waals surface area contributed by atoms with Gasteiger partial charge >= 0.3 is 5.97 Å². The Hall–Kier alpha value is -2.23. The number of esters is 1. The number of methoxy groups -OCH3 is 1. The molecule has 2 rings (SSSR count). The van der Waals surface area contributed by atoms with E-state index < -0.39 is 5.97 Å². The van der Waals surface area contributed by atoms with Crippen molar-refractivity contribution in [2.75, 3.05) is 19.1 Å². The van der Waals surface area contributed by atoms with Crippen molar-refractivity contribution < 1.29 is 9.53 Å². The fourth-order valence-corrected chi connectivity index (χ4v) is 2.63. The quantitative estimate of drug-likeness (QED) is 0.684. The second-order valence-corrected chi connectivity index (χ2v) is 5.48. The summed E-state index contributed by atoms with van der Waals surface area (Å²) in [6.45, 7) is 0. The van der Waals surface area contributed by atoms with Gasteiger partial charge in [-0.25, -0.2) is 9.78 Å². The first kappa shape index (κ1) is 16.1. The first-order valence-corrected chi connectivity index (χ1v) is 7.75. The molecule has 0 unspecified atom stereocenters. The number of hydrogen-bond donors (Lipinski definition) is 1. The Morgan fingerprint density at radius 3 is 2.55 bits per heavy atom. The summed E-state index contributed by atoms with van der Waals surface area (Å²) in [5.41, 5.74) is 7.36. The van der Waals surface area contributed by atoms with Crippen molar-refractivity contribution in [3.05, 3.63) is 40.4 Å². The smallest absolute Gasteiger partial charge is 0.342 e. The van der Waals surface area contributed by atoms with Gasteiger partial charge in [0.2, 0.25) is 0 Å². The predicted octanol–water partition coefficient (Wildman–Crippen LogP) is 3.36. The molecule has 0 bridgehead atoms. The van der Waals surface area contributed by atoms with Crippen molar-refractivity contribution in [1.29, 1.82) is 5.26 Å². The van der Waals surface area contributed by atoms with Gasteiger partial charge in [-0.2, -0.15) is 5.26 Å². The molecule has 0 atom stereocenters. The lowest BCUT2D eigenvalue weighted by Crippen LogP contribution is -2.12. The van der Waals surface area contributed by atoms with Gasteiger partial charge in [0.15, 0.2) is 0 Å². The molecule has 2 aromatic rings. The Labute approximate surface area is 137 Å². The van der Waals surface area contributed by atoms with E-state index in [0.717, 1.165) is 0 Å². The van der Waals surface area contributed by atoms with Crippen molar-refractivity contribution in [3.63, 3.8) is 0 Å². The molecule has 0 saturated heterocycles. The SMILES string of the molecule is COC(=O)c1c(-c2ccc(Cl)cc2)nc(SC)c(C#N)c1N. The molecule has 1 heterocycles. The van der Waals surface area contributed by atoms with Crippen LogP contribution in [0.2, 0.25) is 5.02 Å². The molecule has 2 N–H and O–H groups in total. The zero-order chi connectivity index (χ0) is 16.3. The van der Waals surface area contributed by atoms with E-state index in [0.29, 0.717) is 21.3 Å². The van der Waals surface area contributed by atoms with Crippen LogP contribution < -0.4 is 5.73 Å². The number of nitriles is 1. The fourth-order valence-electron chi connectivity index (χ4n) is 1.96. The average Bonchev–Trinajstić information content (AvgIpc) is 2.53. The van der Waals surface area contributed by atoms with Crippen LogP contribution in [0.15, 0.2) is 29.3 Å². The summed E-state index contributed by atoms with van der Waals surface area (Å²) < 4.78 is 4.77. The van der Waals surface area contributed by atoms with Gasteiger partial charge in [-0.05, 0) is 18.4 Å². The minimum absolute atomic E-state index is 0.0682. The van der Waals surface area contributed by atoms with Crippen LogP contribution in [0, 0.1) is 11.3 Å². The predicted molar refractivity (Wildman–Crippen MR) is 86.9 cm³/mol. The van der Waals surface area contributed by atoms with Gasteiger partial charge < -0.3 is 10.5 Å². The molecule has 0 fully saturated rings. The molecule has 22 heavy (non-hydrogen) atoms. The molecule has 0 spiro atoms. The van der Waals surface area contributed by atoms with Crippen molar-refractivity contribution in [1.82, 2.24) is 4.98 Å². The van der Waals surface area contributed by atoms with Gasteiger partial charge in [-0.15, -0.1) is 11.8 Å². The first-order chi connectivity index (χ1) is 10.5. The highest BCUT2D eigenvalue weighted by Gasteiger charge is 2.24. The molecule has 5 nitrogen and oxygen atoms in total. The maximum atomic E-state index is 12.1. The zero-order valence-corrected chi connectivity index (χ0v) is 13.5. The highest BCUT2D eigenvalue weighted by molar-refractivity contribution is 7.98. The minimum atomic E-state index is -0.640. The zero-order valence-electron chi connectivity index (χ0n) is 11.9. The first-order valence-electron chi connectivity index (χ1n) is 6.15. The van der Waals surface area contributed by atoms with E-state index in [1.807, 2.05) is 6.07 Å². The number of nitrogens with two attached hydrogens (primary N) is 1. The lowest BCUT2D eigenvalue weighted by Gasteiger charge is -2.14. The van der Waals surface area contributed by atoms with Crippen LogP contribution in [0.3, 0.4) is 0 Å². The summed E-state index contributed by atoms with van der Waals surface area (Å²) >= 11 is 7.16. The molecule has 0 aliphatic rings. The maximum absolute atomic E-state index is 12.1. The molecule has 0 aliphatic carbocycles. The monoisotopic (exact) mass is 333 g/mol. The Morgan fingerprint density at radius 2 is 2.05 bits per heavy atom. The van der Waals surface area contributed by atoms with Gasteiger partial charge in [0, 0.05) is 10.6 Å². The summed E-state index contributed by atoms with van der Waals surface area (Å²) in [5, 5.41) is 10.3. The number of ether oxygens (including phenoxy) is 1. The third kappa shape index (κ3) is 2.86. The molecule has 7 heteroatoms. The molecular formula is C15H12ClN3O2S. The van der Waals surface area contributed by atoms with Crippen LogP contribution >= 0.6 is 23.4 Å². The summed E-state index contributed by atoms with van der Waals surface area (Å²) in [6.07, 6.45) is 1.78. The van der Waals surface area contributed by atoms with Gasteiger partial charge in [0.25, 0.3) is 0 Å². The number of hydrogen-bond acceptors (Lipinski definition) is 6. The van der Waals surface area contributed by atoms with Crippen LogP contribution in [0.4, 0.5) is 5.69 Å². The Morgan fingerprint density at radius 1 is 1.41 bits per heavy atom. The number of anilines is 1. The molecule has 0 radical (unpaired) electrons. The molecule has 1 aromatic heterocycles. The average molecular weight is 334 g/mol. The fraction of sp³-hybridized carbons (Fsp3) is 0.133. The number of benzene rings is 1. The summed E-state index contributed by atoms with van der Waals surface area (Å²) in [7, 11) is 1.25. The topological polar surface area (TPSA) is 89.0 Å². The molecule has 112 valence electrons. The van der Waals surface area contributed by atoms with E-state index in [1.54, 1.807) is 30.5 Å². The number of nitrogens with zero attached hydrogens (tertiary/aromatic N) is 2. The van der Waals surface area contributed by atoms with Crippen molar-refractivity contribution in [2.45, 2.75) is 5.03 Å². The minimum Gasteiger partial charge on any atom is -0.465 e. The number of rotatable bonds is 3. The summed E-state index contributed by atoms with van der Waals surface area (Å²) in [6, 6.07) is 8.82. The summed E-state index contributed by atoms with van der Waals surface area (Å²) in [5.74, 6) is -0.640. The van der Waals surface area contributed by atoms with Crippen molar-refractivity contribution in [2.24, 2.45) is 0 Å². The largest absolute Gasteiger partial charge is 0.465 e. The standard InChI is InChI=1S/C15H12ClN3O2S/c1-21-15(20)11-12(18)10(7-17)14(22-2)19-13(11)8-3-5-9(16)6-4-8/h3-6H,1-2H3,(H2,18,19). The molecule has 0 amide bonds. The molecule has 0 saturated carbocycles. The highest BCUT2D eigenvalue weighted by atomic mass is 35.5. The van der Waals surface area contributed by atoms with Crippen LogP contribution in [0.1, 0.15) is 15.9 Å². The number of nitrogen functional groups attached to an aromatic ring is 1. The Bertz CT molecular complexity index is 770. The lowest BCUT2D eigenvalue weighted by molar-refractivity contribution is 0.0602. The van der Waals surface area contributed by atoms with Crippen LogP contribution in [0.25, 0.3) is 11.3 Å². The van der Waals surface area contributed by atoms with Crippen LogP contribution in [-0.4, -0.2) is 24.3 Å².